The zero-order valence-corrected chi connectivity index (χ0v) is 13.7. The van der Waals surface area contributed by atoms with Crippen molar-refractivity contribution >= 4 is 29.8 Å². The highest BCUT2D eigenvalue weighted by atomic mass is 35.5. The summed E-state index contributed by atoms with van der Waals surface area (Å²) in [5, 5.41) is 0.344. The number of benzene rings is 1. The molecule has 0 spiro atoms. The van der Waals surface area contributed by atoms with Gasteiger partial charge in [0.25, 0.3) is 0 Å². The molecule has 7 heteroatoms. The van der Waals surface area contributed by atoms with E-state index in [0.29, 0.717) is 28.9 Å². The van der Waals surface area contributed by atoms with E-state index in [4.69, 9.17) is 25.4 Å². The molecule has 0 bridgehead atoms. The molecule has 0 saturated heterocycles. The lowest BCUT2D eigenvalue weighted by molar-refractivity contribution is 0.296. The number of hydrogen-bond acceptors (Lipinski definition) is 5. The topological polar surface area (TPSA) is 44.8 Å². The maximum absolute atomic E-state index is 12.5. The van der Waals surface area contributed by atoms with Crippen LogP contribution in [-0.2, 0) is 9.09 Å². The first-order valence-electron chi connectivity index (χ1n) is 5.97. The van der Waals surface area contributed by atoms with Crippen molar-refractivity contribution in [2.24, 2.45) is 0 Å². The van der Waals surface area contributed by atoms with Crippen LogP contribution < -0.4 is 9.26 Å². The molecule has 0 aliphatic carbocycles. The SMILES string of the molecule is CCCSP(=O)(OCC)Oc1ccc(OC)cc1Cl. The summed E-state index contributed by atoms with van der Waals surface area (Å²) >= 11 is 7.24. The van der Waals surface area contributed by atoms with Crippen molar-refractivity contribution in [2.75, 3.05) is 19.5 Å². The van der Waals surface area contributed by atoms with Gasteiger partial charge in [-0.3, -0.25) is 4.52 Å². The van der Waals surface area contributed by atoms with Crippen LogP contribution in [0.25, 0.3) is 0 Å². The molecule has 19 heavy (non-hydrogen) atoms. The van der Waals surface area contributed by atoms with E-state index in [-0.39, 0.29) is 0 Å². The first kappa shape index (κ1) is 16.7. The molecular weight excluding hydrogens is 307 g/mol. The standard InChI is InChI=1S/C12H18ClO4PS/c1-4-8-19-18(14,16-5-2)17-12-7-6-10(15-3)9-11(12)13/h6-7,9H,4-5,8H2,1-3H3. The Kier molecular flexibility index (Phi) is 7.08. The van der Waals surface area contributed by atoms with Crippen molar-refractivity contribution in [3.05, 3.63) is 23.2 Å². The summed E-state index contributed by atoms with van der Waals surface area (Å²) in [6.45, 7) is 0.884. The average Bonchev–Trinajstić information content (AvgIpc) is 2.39. The average molecular weight is 325 g/mol. The molecule has 0 radical (unpaired) electrons. The molecule has 0 heterocycles. The molecule has 1 atom stereocenters. The molecule has 1 unspecified atom stereocenters. The van der Waals surface area contributed by atoms with E-state index in [9.17, 15) is 4.57 Å². The second-order valence-electron chi connectivity index (χ2n) is 3.59. The fourth-order valence-corrected chi connectivity index (χ4v) is 4.98. The summed E-state index contributed by atoms with van der Waals surface area (Å²) in [7, 11) is 1.55. The molecular formula is C12H18ClO4PS. The molecule has 1 aromatic carbocycles. The van der Waals surface area contributed by atoms with Gasteiger partial charge in [0.2, 0.25) is 0 Å². The highest BCUT2D eigenvalue weighted by Crippen LogP contribution is 2.60. The minimum absolute atomic E-state index is 0.321. The number of rotatable bonds is 8. The van der Waals surface area contributed by atoms with Crippen molar-refractivity contribution < 1.29 is 18.3 Å². The smallest absolute Gasteiger partial charge is 0.440 e. The van der Waals surface area contributed by atoms with Gasteiger partial charge in [-0.05, 0) is 36.9 Å². The summed E-state index contributed by atoms with van der Waals surface area (Å²) < 4.78 is 28.3. The molecule has 0 aromatic heterocycles. The number of hydrogen-bond donors (Lipinski definition) is 0. The summed E-state index contributed by atoms with van der Waals surface area (Å²) in [4.78, 5) is 0. The Bertz CT molecular complexity index is 455. The van der Waals surface area contributed by atoms with Crippen molar-refractivity contribution in [3.63, 3.8) is 0 Å². The van der Waals surface area contributed by atoms with Gasteiger partial charge in [0.05, 0.1) is 18.7 Å². The second-order valence-corrected chi connectivity index (χ2v) is 8.11. The number of halogens is 1. The fourth-order valence-electron chi connectivity index (χ4n) is 1.25. The van der Waals surface area contributed by atoms with Crippen LogP contribution in [-0.4, -0.2) is 19.5 Å². The molecule has 0 amide bonds. The van der Waals surface area contributed by atoms with E-state index < -0.39 is 6.80 Å². The molecule has 0 N–H and O–H groups in total. The molecule has 1 rings (SSSR count). The highest BCUT2D eigenvalue weighted by molar-refractivity contribution is 8.55. The Morgan fingerprint density at radius 2 is 2.11 bits per heavy atom. The predicted octanol–water partition coefficient (Wildman–Crippen LogP) is 5.02. The lowest BCUT2D eigenvalue weighted by Crippen LogP contribution is -1.97. The Balaban J connectivity index is 2.87. The Morgan fingerprint density at radius 1 is 1.37 bits per heavy atom. The van der Waals surface area contributed by atoms with Crippen LogP contribution in [0.1, 0.15) is 20.3 Å². The van der Waals surface area contributed by atoms with E-state index in [1.807, 2.05) is 6.92 Å². The summed E-state index contributed by atoms with van der Waals surface area (Å²) in [5.74, 6) is 1.65. The second kappa shape index (κ2) is 8.05. The molecule has 0 aliphatic heterocycles. The zero-order valence-electron chi connectivity index (χ0n) is 11.2. The lowest BCUT2D eigenvalue weighted by atomic mass is 10.3. The van der Waals surface area contributed by atoms with Gasteiger partial charge in [0, 0.05) is 11.8 Å². The van der Waals surface area contributed by atoms with Gasteiger partial charge in [0.1, 0.15) is 11.5 Å². The van der Waals surface area contributed by atoms with Crippen molar-refractivity contribution in [3.8, 4) is 11.5 Å². The first-order chi connectivity index (χ1) is 9.04. The van der Waals surface area contributed by atoms with E-state index >= 15 is 0 Å². The van der Waals surface area contributed by atoms with Crippen LogP contribution in [0.3, 0.4) is 0 Å². The fraction of sp³-hybridized carbons (Fsp3) is 0.500. The third-order valence-electron chi connectivity index (χ3n) is 2.09. The van der Waals surface area contributed by atoms with Gasteiger partial charge in [0.15, 0.2) is 0 Å². The van der Waals surface area contributed by atoms with Crippen molar-refractivity contribution in [2.45, 2.75) is 20.3 Å². The van der Waals surface area contributed by atoms with Gasteiger partial charge >= 0.3 is 6.80 Å². The lowest BCUT2D eigenvalue weighted by Gasteiger charge is -2.18. The first-order valence-corrected chi connectivity index (χ1v) is 9.48. The largest absolute Gasteiger partial charge is 0.497 e. The van der Waals surface area contributed by atoms with Gasteiger partial charge in [-0.25, -0.2) is 4.57 Å². The van der Waals surface area contributed by atoms with Gasteiger partial charge in [-0.2, -0.15) is 0 Å². The maximum atomic E-state index is 12.5. The van der Waals surface area contributed by atoms with E-state index in [1.54, 1.807) is 32.2 Å². The quantitative estimate of drug-likeness (QED) is 0.628. The van der Waals surface area contributed by atoms with E-state index in [2.05, 4.69) is 0 Å². The number of methoxy groups -OCH3 is 1. The molecule has 1 aromatic rings. The molecule has 0 aliphatic rings. The Hall–Kier alpha value is -0.350. The monoisotopic (exact) mass is 324 g/mol. The normalized spacial score (nSPS) is 13.9. The van der Waals surface area contributed by atoms with Crippen molar-refractivity contribution in [1.82, 2.24) is 0 Å². The Labute approximate surface area is 123 Å². The summed E-state index contributed by atoms with van der Waals surface area (Å²) in [5.41, 5.74) is 0. The van der Waals surface area contributed by atoms with Crippen LogP contribution in [0.2, 0.25) is 5.02 Å². The third-order valence-corrected chi connectivity index (χ3v) is 6.32. The van der Waals surface area contributed by atoms with Gasteiger partial charge < -0.3 is 9.26 Å². The van der Waals surface area contributed by atoms with Crippen molar-refractivity contribution in [1.29, 1.82) is 0 Å². The molecule has 0 fully saturated rings. The summed E-state index contributed by atoms with van der Waals surface area (Å²) in [6.07, 6.45) is 0.890. The van der Waals surface area contributed by atoms with Gasteiger partial charge in [-0.15, -0.1) is 0 Å². The summed E-state index contributed by atoms with van der Waals surface area (Å²) in [6, 6.07) is 4.93. The Morgan fingerprint density at radius 3 is 2.63 bits per heavy atom. The number of ether oxygens (including phenoxy) is 1. The minimum atomic E-state index is -3.22. The van der Waals surface area contributed by atoms with Crippen LogP contribution in [0.4, 0.5) is 0 Å². The van der Waals surface area contributed by atoms with E-state index in [0.717, 1.165) is 6.42 Å². The van der Waals surface area contributed by atoms with Gasteiger partial charge in [-0.1, -0.05) is 18.5 Å². The zero-order chi connectivity index (χ0) is 14.3. The molecule has 108 valence electrons. The van der Waals surface area contributed by atoms with Crippen LogP contribution in [0.15, 0.2) is 18.2 Å². The van der Waals surface area contributed by atoms with Crippen LogP contribution >= 0.6 is 29.8 Å². The predicted molar refractivity (Wildman–Crippen MR) is 80.6 cm³/mol. The van der Waals surface area contributed by atoms with E-state index in [1.165, 1.54) is 11.4 Å². The third kappa shape index (κ3) is 5.27. The van der Waals surface area contributed by atoms with Crippen LogP contribution in [0, 0.1) is 0 Å². The minimum Gasteiger partial charge on any atom is -0.497 e. The molecule has 4 nitrogen and oxygen atoms in total. The molecule has 0 saturated carbocycles. The van der Waals surface area contributed by atoms with Crippen LogP contribution in [0.5, 0.6) is 11.5 Å². The maximum Gasteiger partial charge on any atom is 0.440 e. The highest BCUT2D eigenvalue weighted by Gasteiger charge is 2.27.